The summed E-state index contributed by atoms with van der Waals surface area (Å²) < 4.78 is 0. The zero-order chi connectivity index (χ0) is 7.44. The molecule has 9 heavy (non-hydrogen) atoms. The van der Waals surface area contributed by atoms with Crippen LogP contribution in [0.15, 0.2) is 0 Å². The minimum Gasteiger partial charge on any atom is -0.481 e. The maximum absolute atomic E-state index is 9.72. The first-order valence-electron chi connectivity index (χ1n) is 2.16. The van der Waals surface area contributed by atoms with E-state index < -0.39 is 24.5 Å². The lowest BCUT2D eigenvalue weighted by Crippen LogP contribution is -2.22. The molecule has 0 amide bonds. The van der Waals surface area contributed by atoms with Crippen LogP contribution in [0.25, 0.3) is 0 Å². The van der Waals surface area contributed by atoms with Crippen LogP contribution in [-0.2, 0) is 9.59 Å². The standard InChI is InChI=1S/C4H6O5/c5-2(4(8)9)1-3(6)7/h2,5H,1H2,(H,6,7)(H,8,9)/t2-/m1/s1/i2+1,3+1. The maximum Gasteiger partial charge on any atom is 0.333 e. The molecule has 0 aromatic rings. The van der Waals surface area contributed by atoms with E-state index in [1.807, 2.05) is 0 Å². The average Bonchev–Trinajstić information content (AvgIpc) is 1.63. The summed E-state index contributed by atoms with van der Waals surface area (Å²) in [5.74, 6) is -2.85. The van der Waals surface area contributed by atoms with Gasteiger partial charge in [0, 0.05) is 0 Å². The van der Waals surface area contributed by atoms with Crippen molar-refractivity contribution in [3.8, 4) is 0 Å². The third kappa shape index (κ3) is 3.48. The molecule has 52 valence electrons. The van der Waals surface area contributed by atoms with Crippen molar-refractivity contribution in [3.05, 3.63) is 0 Å². The van der Waals surface area contributed by atoms with Gasteiger partial charge in [0.25, 0.3) is 0 Å². The molecule has 0 aliphatic carbocycles. The highest BCUT2D eigenvalue weighted by Gasteiger charge is 2.16. The van der Waals surface area contributed by atoms with Crippen LogP contribution in [0.5, 0.6) is 0 Å². The van der Waals surface area contributed by atoms with Gasteiger partial charge in [0.05, 0.1) is 6.42 Å². The third-order valence-electron chi connectivity index (χ3n) is 0.653. The molecule has 0 spiro atoms. The van der Waals surface area contributed by atoms with E-state index in [-0.39, 0.29) is 0 Å². The van der Waals surface area contributed by atoms with Crippen molar-refractivity contribution in [2.75, 3.05) is 0 Å². The van der Waals surface area contributed by atoms with Crippen LogP contribution in [0.3, 0.4) is 0 Å². The van der Waals surface area contributed by atoms with Crippen molar-refractivity contribution >= 4 is 11.9 Å². The highest BCUT2D eigenvalue weighted by atomic mass is 16.5. The molecule has 0 radical (unpaired) electrons. The molecule has 0 aromatic carbocycles. The van der Waals surface area contributed by atoms with Gasteiger partial charge in [-0.15, -0.1) is 0 Å². The van der Waals surface area contributed by atoms with Gasteiger partial charge in [-0.3, -0.25) is 4.79 Å². The predicted molar refractivity (Wildman–Crippen MR) is 25.9 cm³/mol. The van der Waals surface area contributed by atoms with E-state index in [9.17, 15) is 9.59 Å². The maximum atomic E-state index is 9.72. The van der Waals surface area contributed by atoms with E-state index in [0.29, 0.717) is 0 Å². The van der Waals surface area contributed by atoms with Gasteiger partial charge >= 0.3 is 11.9 Å². The molecular formula is C4H6O5. The van der Waals surface area contributed by atoms with E-state index in [0.717, 1.165) is 0 Å². The van der Waals surface area contributed by atoms with Crippen molar-refractivity contribution in [3.63, 3.8) is 0 Å². The summed E-state index contributed by atoms with van der Waals surface area (Å²) in [5, 5.41) is 24.1. The molecular weight excluding hydrogens is 130 g/mol. The van der Waals surface area contributed by atoms with Gasteiger partial charge in [0.2, 0.25) is 0 Å². The molecule has 0 unspecified atom stereocenters. The first-order chi connectivity index (χ1) is 4.04. The Balaban J connectivity index is 3.63. The Hall–Kier alpha value is -1.10. The Kier molecular flexibility index (Phi) is 2.66. The minimum absolute atomic E-state index is 0.755. The first-order valence-corrected chi connectivity index (χ1v) is 2.16. The highest BCUT2D eigenvalue weighted by molar-refractivity contribution is 5.79. The monoisotopic (exact) mass is 136 g/mol. The zero-order valence-electron chi connectivity index (χ0n) is 4.44. The van der Waals surface area contributed by atoms with Crippen LogP contribution in [0.2, 0.25) is 0 Å². The van der Waals surface area contributed by atoms with E-state index in [4.69, 9.17) is 15.3 Å². The summed E-state index contributed by atoms with van der Waals surface area (Å²) in [6.07, 6.45) is -2.54. The van der Waals surface area contributed by atoms with Crippen molar-refractivity contribution in [2.45, 2.75) is 12.5 Å². The molecule has 0 saturated heterocycles. The average molecular weight is 136 g/mol. The molecule has 0 aliphatic rings. The summed E-state index contributed by atoms with van der Waals surface area (Å²) >= 11 is 0. The predicted octanol–water partition coefficient (Wildman–Crippen LogP) is -1.09. The van der Waals surface area contributed by atoms with Crippen molar-refractivity contribution in [2.24, 2.45) is 0 Å². The van der Waals surface area contributed by atoms with Crippen LogP contribution in [0.4, 0.5) is 0 Å². The van der Waals surface area contributed by atoms with Crippen molar-refractivity contribution in [1.29, 1.82) is 0 Å². The number of hydrogen-bond donors (Lipinski definition) is 3. The van der Waals surface area contributed by atoms with E-state index in [2.05, 4.69) is 0 Å². The molecule has 0 rings (SSSR count). The lowest BCUT2D eigenvalue weighted by atomic mass is 10.7. The lowest BCUT2D eigenvalue weighted by Gasteiger charge is -1.97. The number of hydrogen-bond acceptors (Lipinski definition) is 3. The van der Waals surface area contributed by atoms with Crippen LogP contribution >= 0.6 is 0 Å². The summed E-state index contributed by atoms with van der Waals surface area (Å²) in [6, 6.07) is 0. The molecule has 5 nitrogen and oxygen atoms in total. The van der Waals surface area contributed by atoms with Crippen LogP contribution < -0.4 is 0 Å². The van der Waals surface area contributed by atoms with Gasteiger partial charge in [-0.2, -0.15) is 0 Å². The topological polar surface area (TPSA) is 94.8 Å². The number of carboxylic acids is 2. The third-order valence-corrected chi connectivity index (χ3v) is 0.653. The Morgan fingerprint density at radius 1 is 1.33 bits per heavy atom. The number of rotatable bonds is 3. The fraction of sp³-hybridized carbons (Fsp3) is 0.500. The summed E-state index contributed by atoms with van der Waals surface area (Å²) in [5.41, 5.74) is 0. The SMILES string of the molecule is O=C(O)[13C@H](O)C[13C](=O)O. The van der Waals surface area contributed by atoms with Gasteiger partial charge in [-0.25, -0.2) is 4.79 Å². The molecule has 3 N–H and O–H groups in total. The first kappa shape index (κ1) is 7.90. The molecule has 0 fully saturated rings. The fourth-order valence-corrected chi connectivity index (χ4v) is 0.253. The summed E-state index contributed by atoms with van der Waals surface area (Å²) in [7, 11) is 0. The number of carboxylic acid groups (broad SMARTS) is 2. The largest absolute Gasteiger partial charge is 0.481 e. The lowest BCUT2D eigenvalue weighted by molar-refractivity contribution is -0.152. The Morgan fingerprint density at radius 3 is 1.89 bits per heavy atom. The zero-order valence-corrected chi connectivity index (χ0v) is 4.44. The van der Waals surface area contributed by atoms with Crippen molar-refractivity contribution in [1.82, 2.24) is 0 Å². The number of aliphatic carboxylic acids is 2. The van der Waals surface area contributed by atoms with Gasteiger partial charge in [-0.05, 0) is 0 Å². The number of aliphatic hydroxyl groups excluding tert-OH is 1. The van der Waals surface area contributed by atoms with Gasteiger partial charge in [0.1, 0.15) is 0 Å². The quantitative estimate of drug-likeness (QED) is 0.428. The second-order valence-electron chi connectivity index (χ2n) is 1.45. The Morgan fingerprint density at radius 2 is 1.78 bits per heavy atom. The van der Waals surface area contributed by atoms with Gasteiger partial charge < -0.3 is 15.3 Å². The Labute approximate surface area is 50.5 Å². The van der Waals surface area contributed by atoms with Gasteiger partial charge in [0.15, 0.2) is 6.10 Å². The van der Waals surface area contributed by atoms with E-state index in [1.165, 1.54) is 0 Å². The van der Waals surface area contributed by atoms with E-state index in [1.54, 1.807) is 0 Å². The fourth-order valence-electron chi connectivity index (χ4n) is 0.253. The second-order valence-corrected chi connectivity index (χ2v) is 1.45. The van der Waals surface area contributed by atoms with Crippen LogP contribution in [0, 0.1) is 0 Å². The Bertz CT molecular complexity index is 129. The molecule has 1 atom stereocenters. The summed E-state index contributed by atoms with van der Waals surface area (Å²) in [6.45, 7) is 0. The number of carbonyl (C=O) groups is 2. The smallest absolute Gasteiger partial charge is 0.333 e. The molecule has 5 heteroatoms. The van der Waals surface area contributed by atoms with Crippen LogP contribution in [0.1, 0.15) is 6.42 Å². The van der Waals surface area contributed by atoms with E-state index >= 15 is 0 Å². The van der Waals surface area contributed by atoms with Gasteiger partial charge in [-0.1, -0.05) is 0 Å². The highest BCUT2D eigenvalue weighted by Crippen LogP contribution is 1.89. The molecule has 0 aliphatic heterocycles. The minimum atomic E-state index is -1.79. The molecule has 0 aromatic heterocycles. The number of aliphatic hydroxyl groups is 1. The summed E-state index contributed by atoms with van der Waals surface area (Å²) in [4.78, 5) is 19.4. The van der Waals surface area contributed by atoms with Crippen molar-refractivity contribution < 1.29 is 24.9 Å². The molecule has 0 heterocycles. The van der Waals surface area contributed by atoms with Crippen LogP contribution in [-0.4, -0.2) is 33.4 Å². The normalized spacial score (nSPS) is 12.6. The second kappa shape index (κ2) is 3.03. The molecule has 0 saturated carbocycles. The molecule has 0 bridgehead atoms.